The summed E-state index contributed by atoms with van der Waals surface area (Å²) in [6, 6.07) is 0. The number of esters is 3. The van der Waals surface area contributed by atoms with Crippen LogP contribution >= 0.6 is 0 Å². The number of allylic oxidation sites excluding steroid dienone is 2. The molecule has 7 atom stereocenters. The molecule has 2 rings (SSSR count). The largest absolute Gasteiger partial charge is 0.456 e. The van der Waals surface area contributed by atoms with Crippen molar-refractivity contribution in [2.45, 2.75) is 110 Å². The zero-order valence-electron chi connectivity index (χ0n) is 20.3. The third-order valence-electron chi connectivity index (χ3n) is 6.28. The Hall–Kier alpha value is -2.26. The van der Waals surface area contributed by atoms with Crippen LogP contribution in [0.15, 0.2) is 11.6 Å². The Labute approximate surface area is 195 Å². The van der Waals surface area contributed by atoms with Crippen molar-refractivity contribution in [1.29, 1.82) is 0 Å². The highest BCUT2D eigenvalue weighted by Gasteiger charge is 2.53. The quantitative estimate of drug-likeness (QED) is 0.218. The van der Waals surface area contributed by atoms with E-state index >= 15 is 0 Å². The van der Waals surface area contributed by atoms with Crippen molar-refractivity contribution >= 4 is 24.2 Å². The third-order valence-corrected chi connectivity index (χ3v) is 6.28. The SMILES string of the molecule is CC(=O)O[C@H]1[C@@H](OC(C)=O)[C@@H](C)O[C@@H](O[C@@](C)(CCC=O)[C@@H]2CC=C(C)CC2)[C@@H]1OC(C)=O. The molecule has 0 amide bonds. The van der Waals surface area contributed by atoms with Crippen molar-refractivity contribution in [3.8, 4) is 0 Å². The molecule has 0 saturated carbocycles. The lowest BCUT2D eigenvalue weighted by molar-refractivity contribution is -0.329. The molecule has 0 N–H and O–H groups in total. The van der Waals surface area contributed by atoms with Gasteiger partial charge in [0.1, 0.15) is 6.29 Å². The van der Waals surface area contributed by atoms with Gasteiger partial charge in [-0.3, -0.25) is 14.4 Å². The summed E-state index contributed by atoms with van der Waals surface area (Å²) < 4.78 is 28.8. The zero-order chi connectivity index (χ0) is 24.8. The first kappa shape index (κ1) is 27.0. The summed E-state index contributed by atoms with van der Waals surface area (Å²) in [7, 11) is 0. The van der Waals surface area contributed by atoms with Crippen LogP contribution in [0.4, 0.5) is 0 Å². The Morgan fingerprint density at radius 3 is 2.15 bits per heavy atom. The Morgan fingerprint density at radius 1 is 1.06 bits per heavy atom. The maximum atomic E-state index is 11.9. The fourth-order valence-electron chi connectivity index (χ4n) is 4.55. The summed E-state index contributed by atoms with van der Waals surface area (Å²) in [5, 5.41) is 0. The molecule has 0 radical (unpaired) electrons. The Bertz CT molecular complexity index is 761. The van der Waals surface area contributed by atoms with Crippen molar-refractivity contribution in [3.63, 3.8) is 0 Å². The first-order chi connectivity index (χ1) is 15.5. The highest BCUT2D eigenvalue weighted by molar-refractivity contribution is 5.68. The second kappa shape index (κ2) is 11.7. The molecule has 1 fully saturated rings. The molecule has 2 aliphatic rings. The van der Waals surface area contributed by atoms with Gasteiger partial charge >= 0.3 is 17.9 Å². The van der Waals surface area contributed by atoms with E-state index in [1.54, 1.807) is 6.92 Å². The lowest BCUT2D eigenvalue weighted by Gasteiger charge is -2.48. The lowest BCUT2D eigenvalue weighted by Crippen LogP contribution is -2.62. The normalized spacial score (nSPS) is 31.5. The maximum absolute atomic E-state index is 11.9. The Balaban J connectivity index is 2.40. The number of hydrogen-bond acceptors (Lipinski definition) is 9. The molecular formula is C24H36O9. The first-order valence-corrected chi connectivity index (χ1v) is 11.4. The summed E-state index contributed by atoms with van der Waals surface area (Å²) in [5.74, 6) is -1.74. The van der Waals surface area contributed by atoms with Crippen LogP contribution < -0.4 is 0 Å². The van der Waals surface area contributed by atoms with Crippen LogP contribution in [0.3, 0.4) is 0 Å². The summed E-state index contributed by atoms with van der Waals surface area (Å²) in [6.07, 6.45) is 1.26. The molecule has 0 unspecified atom stereocenters. The molecule has 9 heteroatoms. The van der Waals surface area contributed by atoms with E-state index in [-0.39, 0.29) is 5.92 Å². The summed E-state index contributed by atoms with van der Waals surface area (Å²) in [4.78, 5) is 46.7. The average Bonchev–Trinajstić information content (AvgIpc) is 2.71. The van der Waals surface area contributed by atoms with E-state index in [1.807, 2.05) is 6.92 Å². The van der Waals surface area contributed by atoms with E-state index in [2.05, 4.69) is 13.0 Å². The van der Waals surface area contributed by atoms with Crippen molar-refractivity contribution in [3.05, 3.63) is 11.6 Å². The van der Waals surface area contributed by atoms with Crippen LogP contribution in [0.5, 0.6) is 0 Å². The number of carbonyl (C=O) groups excluding carboxylic acids is 4. The lowest BCUT2D eigenvalue weighted by atomic mass is 9.76. The van der Waals surface area contributed by atoms with E-state index in [9.17, 15) is 19.2 Å². The number of rotatable bonds is 9. The van der Waals surface area contributed by atoms with Gasteiger partial charge in [0.15, 0.2) is 24.6 Å². The van der Waals surface area contributed by atoms with Crippen LogP contribution in [-0.2, 0) is 42.9 Å². The summed E-state index contributed by atoms with van der Waals surface area (Å²) in [5.41, 5.74) is 0.541. The number of hydrogen-bond donors (Lipinski definition) is 0. The molecule has 0 aromatic carbocycles. The average molecular weight is 469 g/mol. The van der Waals surface area contributed by atoms with Crippen molar-refractivity contribution in [2.24, 2.45) is 5.92 Å². The molecule has 33 heavy (non-hydrogen) atoms. The van der Waals surface area contributed by atoms with E-state index < -0.39 is 54.2 Å². The second-order valence-electron chi connectivity index (χ2n) is 9.09. The van der Waals surface area contributed by atoms with Crippen molar-refractivity contribution in [1.82, 2.24) is 0 Å². The Morgan fingerprint density at radius 2 is 1.64 bits per heavy atom. The van der Waals surface area contributed by atoms with Crippen molar-refractivity contribution in [2.75, 3.05) is 0 Å². The fourth-order valence-corrected chi connectivity index (χ4v) is 4.55. The Kier molecular flexibility index (Phi) is 9.60. The minimum Gasteiger partial charge on any atom is -0.456 e. The summed E-state index contributed by atoms with van der Waals surface area (Å²) >= 11 is 0. The highest BCUT2D eigenvalue weighted by atomic mass is 16.7. The minimum atomic E-state index is -1.16. The molecule has 9 nitrogen and oxygen atoms in total. The monoisotopic (exact) mass is 468 g/mol. The van der Waals surface area contributed by atoms with Gasteiger partial charge in [-0.25, -0.2) is 0 Å². The van der Waals surface area contributed by atoms with Gasteiger partial charge in [-0.2, -0.15) is 0 Å². The highest BCUT2D eigenvalue weighted by Crippen LogP contribution is 2.40. The number of aldehydes is 1. The predicted octanol–water partition coefficient (Wildman–Crippen LogP) is 3.03. The smallest absolute Gasteiger partial charge is 0.303 e. The number of carbonyl (C=O) groups is 4. The van der Waals surface area contributed by atoms with E-state index in [4.69, 9.17) is 23.7 Å². The molecule has 1 saturated heterocycles. The van der Waals surface area contributed by atoms with Gasteiger partial charge < -0.3 is 28.5 Å². The van der Waals surface area contributed by atoms with E-state index in [0.717, 1.165) is 25.5 Å². The molecule has 1 aliphatic heterocycles. The molecule has 186 valence electrons. The minimum absolute atomic E-state index is 0.108. The maximum Gasteiger partial charge on any atom is 0.303 e. The standard InChI is InChI=1S/C24H36O9/c1-14-8-10-19(11-9-14)24(6,12-7-13-25)33-23-22(32-18(5)28)21(31-17(4)27)20(15(2)29-23)30-16(3)26/h8,13,15,19-23H,7,9-12H2,1-6H3/t15-,19-,20+,21+,22-,23+,24+/m1/s1. The van der Waals surface area contributed by atoms with Gasteiger partial charge in [-0.1, -0.05) is 11.6 Å². The molecule has 0 bridgehead atoms. The van der Waals surface area contributed by atoms with Crippen molar-refractivity contribution < 1.29 is 42.9 Å². The fraction of sp³-hybridized carbons (Fsp3) is 0.750. The predicted molar refractivity (Wildman–Crippen MR) is 117 cm³/mol. The van der Waals surface area contributed by atoms with Gasteiger partial charge in [-0.05, 0) is 52.4 Å². The van der Waals surface area contributed by atoms with Gasteiger partial charge in [0.25, 0.3) is 0 Å². The van der Waals surface area contributed by atoms with Gasteiger partial charge in [0.2, 0.25) is 0 Å². The van der Waals surface area contributed by atoms with Crippen LogP contribution in [0.1, 0.15) is 73.6 Å². The van der Waals surface area contributed by atoms with Gasteiger partial charge in [0, 0.05) is 27.2 Å². The van der Waals surface area contributed by atoms with Crippen LogP contribution in [0.25, 0.3) is 0 Å². The molecule has 0 aromatic rings. The second-order valence-corrected chi connectivity index (χ2v) is 9.09. The zero-order valence-corrected chi connectivity index (χ0v) is 20.3. The van der Waals surface area contributed by atoms with Crippen LogP contribution in [0.2, 0.25) is 0 Å². The molecule has 0 spiro atoms. The summed E-state index contributed by atoms with van der Waals surface area (Å²) in [6.45, 7) is 9.35. The van der Waals surface area contributed by atoms with Crippen LogP contribution in [0, 0.1) is 5.92 Å². The first-order valence-electron chi connectivity index (χ1n) is 11.4. The number of ether oxygens (including phenoxy) is 5. The van der Waals surface area contributed by atoms with Gasteiger partial charge in [0.05, 0.1) is 11.7 Å². The van der Waals surface area contributed by atoms with E-state index in [1.165, 1.54) is 26.3 Å². The molecule has 1 aliphatic carbocycles. The van der Waals surface area contributed by atoms with Crippen LogP contribution in [-0.4, -0.2) is 60.5 Å². The van der Waals surface area contributed by atoms with Gasteiger partial charge in [-0.15, -0.1) is 0 Å². The van der Waals surface area contributed by atoms with E-state index in [0.29, 0.717) is 12.8 Å². The molecule has 0 aromatic heterocycles. The molecule has 1 heterocycles. The third kappa shape index (κ3) is 7.37. The molecular weight excluding hydrogens is 432 g/mol. The topological polar surface area (TPSA) is 114 Å².